The maximum atomic E-state index is 12.1. The molecule has 0 spiro atoms. The summed E-state index contributed by atoms with van der Waals surface area (Å²) >= 11 is 0. The van der Waals surface area contributed by atoms with Crippen LogP contribution in [0, 0.1) is 21.4 Å². The van der Waals surface area contributed by atoms with Gasteiger partial charge >= 0.3 is 5.88 Å². The molecule has 0 aliphatic carbocycles. The van der Waals surface area contributed by atoms with Crippen molar-refractivity contribution in [3.05, 3.63) is 69.5 Å². The number of carbonyl (C=O) groups is 1. The summed E-state index contributed by atoms with van der Waals surface area (Å²) in [6.07, 6.45) is 1.18. The lowest BCUT2D eigenvalue weighted by Gasteiger charge is -1.97. The van der Waals surface area contributed by atoms with Gasteiger partial charge in [0.2, 0.25) is 5.78 Å². The number of carbonyl (C=O) groups excluding carboxylic acids is 1. The van der Waals surface area contributed by atoms with Crippen molar-refractivity contribution < 1.29 is 14.1 Å². The number of furan rings is 1. The van der Waals surface area contributed by atoms with Gasteiger partial charge in [0.25, 0.3) is 0 Å². The Kier molecular flexibility index (Phi) is 3.72. The van der Waals surface area contributed by atoms with Gasteiger partial charge in [-0.15, -0.1) is 0 Å². The lowest BCUT2D eigenvalue weighted by Crippen LogP contribution is -2.01. The summed E-state index contributed by atoms with van der Waals surface area (Å²) in [7, 11) is 0. The summed E-state index contributed by atoms with van der Waals surface area (Å²) in [5, 5.41) is 19.5. The summed E-state index contributed by atoms with van der Waals surface area (Å²) in [5.74, 6) is -0.828. The smallest absolute Gasteiger partial charge is 0.401 e. The number of hydrogen-bond donors (Lipinski definition) is 0. The van der Waals surface area contributed by atoms with Gasteiger partial charge in [0.05, 0.1) is 6.07 Å². The number of benzene rings is 1. The van der Waals surface area contributed by atoms with Crippen molar-refractivity contribution >= 4 is 17.7 Å². The largest absolute Gasteiger partial charge is 0.433 e. The van der Waals surface area contributed by atoms with E-state index in [0.717, 1.165) is 6.07 Å². The Morgan fingerprint density at radius 3 is 2.50 bits per heavy atom. The highest BCUT2D eigenvalue weighted by atomic mass is 16.6. The van der Waals surface area contributed by atoms with Crippen LogP contribution >= 0.6 is 0 Å². The van der Waals surface area contributed by atoms with Gasteiger partial charge < -0.3 is 4.42 Å². The van der Waals surface area contributed by atoms with E-state index in [1.54, 1.807) is 36.4 Å². The molecule has 20 heavy (non-hydrogen) atoms. The van der Waals surface area contributed by atoms with Crippen molar-refractivity contribution in [2.45, 2.75) is 0 Å². The van der Waals surface area contributed by atoms with Crippen LogP contribution in [0.5, 0.6) is 0 Å². The molecule has 0 bridgehead atoms. The Hall–Kier alpha value is -3.20. The molecule has 2 aromatic rings. The van der Waals surface area contributed by atoms with Crippen LogP contribution in [0.3, 0.4) is 0 Å². The lowest BCUT2D eigenvalue weighted by molar-refractivity contribution is -0.402. The first-order valence-corrected chi connectivity index (χ1v) is 5.57. The first-order chi connectivity index (χ1) is 9.61. The molecule has 0 saturated heterocycles. The number of rotatable bonds is 4. The summed E-state index contributed by atoms with van der Waals surface area (Å²) in [6.45, 7) is 0. The predicted molar refractivity (Wildman–Crippen MR) is 69.7 cm³/mol. The third-order valence-corrected chi connectivity index (χ3v) is 2.48. The fourth-order valence-electron chi connectivity index (χ4n) is 1.55. The zero-order valence-corrected chi connectivity index (χ0v) is 10.1. The van der Waals surface area contributed by atoms with E-state index in [1.807, 2.05) is 0 Å². The van der Waals surface area contributed by atoms with Crippen molar-refractivity contribution in [3.8, 4) is 6.07 Å². The third kappa shape index (κ3) is 2.79. The van der Waals surface area contributed by atoms with Gasteiger partial charge in [0.15, 0.2) is 0 Å². The number of ketones is 1. The number of allylic oxidation sites excluding steroid dienone is 1. The molecule has 0 aliphatic rings. The Labute approximate surface area is 113 Å². The van der Waals surface area contributed by atoms with Gasteiger partial charge in [-0.3, -0.25) is 14.9 Å². The Morgan fingerprint density at radius 2 is 1.95 bits per heavy atom. The fraction of sp³-hybridized carbons (Fsp3) is 0. The SMILES string of the molecule is N#C/C(=C\c1ccc([N+](=O)[O-])o1)C(=O)c1ccccc1. The standard InChI is InChI=1S/C14H8N2O4/c15-9-11(14(17)10-4-2-1-3-5-10)8-12-6-7-13(20-12)16(18)19/h1-8H/b11-8+. The van der Waals surface area contributed by atoms with E-state index in [9.17, 15) is 14.9 Å². The molecule has 6 nitrogen and oxygen atoms in total. The minimum absolute atomic E-state index is 0.0810. The van der Waals surface area contributed by atoms with Crippen LogP contribution < -0.4 is 0 Å². The molecule has 0 amide bonds. The Balaban J connectivity index is 2.32. The van der Waals surface area contributed by atoms with Crippen molar-refractivity contribution in [1.29, 1.82) is 5.26 Å². The lowest BCUT2D eigenvalue weighted by atomic mass is 10.0. The van der Waals surface area contributed by atoms with Crippen LogP contribution in [0.4, 0.5) is 5.88 Å². The van der Waals surface area contributed by atoms with Crippen LogP contribution in [0.25, 0.3) is 6.08 Å². The molecule has 0 N–H and O–H groups in total. The maximum Gasteiger partial charge on any atom is 0.433 e. The summed E-state index contributed by atoms with van der Waals surface area (Å²) in [6, 6.07) is 12.5. The van der Waals surface area contributed by atoms with Gasteiger partial charge in [-0.25, -0.2) is 0 Å². The zero-order chi connectivity index (χ0) is 14.5. The van der Waals surface area contributed by atoms with Crippen molar-refractivity contribution in [1.82, 2.24) is 0 Å². The highest BCUT2D eigenvalue weighted by Crippen LogP contribution is 2.19. The fourth-order valence-corrected chi connectivity index (χ4v) is 1.55. The van der Waals surface area contributed by atoms with Crippen LogP contribution in [-0.2, 0) is 0 Å². The molecule has 1 aromatic heterocycles. The summed E-state index contributed by atoms with van der Waals surface area (Å²) in [4.78, 5) is 21.8. The molecule has 0 aliphatic heterocycles. The van der Waals surface area contributed by atoms with E-state index in [-0.39, 0.29) is 11.3 Å². The molecular weight excluding hydrogens is 260 g/mol. The quantitative estimate of drug-likeness (QED) is 0.279. The molecule has 1 heterocycles. The normalized spacial score (nSPS) is 10.8. The van der Waals surface area contributed by atoms with Crippen molar-refractivity contribution in [2.24, 2.45) is 0 Å². The number of nitriles is 1. The van der Waals surface area contributed by atoms with E-state index >= 15 is 0 Å². The minimum atomic E-state index is -0.692. The molecule has 1 aromatic carbocycles. The van der Waals surface area contributed by atoms with Gasteiger partial charge in [-0.05, 0) is 6.07 Å². The average Bonchev–Trinajstić information content (AvgIpc) is 2.94. The molecule has 6 heteroatoms. The van der Waals surface area contributed by atoms with Crippen molar-refractivity contribution in [3.63, 3.8) is 0 Å². The first-order valence-electron chi connectivity index (χ1n) is 5.57. The van der Waals surface area contributed by atoms with Gasteiger partial charge in [0.1, 0.15) is 22.3 Å². The second kappa shape index (κ2) is 5.63. The zero-order valence-electron chi connectivity index (χ0n) is 10.1. The second-order valence-electron chi connectivity index (χ2n) is 3.80. The summed E-state index contributed by atoms with van der Waals surface area (Å²) in [5.41, 5.74) is 0.210. The Bertz CT molecular complexity index is 723. The monoisotopic (exact) mass is 268 g/mol. The molecule has 0 atom stereocenters. The molecule has 0 radical (unpaired) electrons. The molecule has 0 unspecified atom stereocenters. The van der Waals surface area contributed by atoms with E-state index in [1.165, 1.54) is 12.1 Å². The highest BCUT2D eigenvalue weighted by Gasteiger charge is 2.15. The highest BCUT2D eigenvalue weighted by molar-refractivity contribution is 6.13. The van der Waals surface area contributed by atoms with Crippen molar-refractivity contribution in [2.75, 3.05) is 0 Å². The van der Waals surface area contributed by atoms with Gasteiger partial charge in [-0.1, -0.05) is 30.3 Å². The van der Waals surface area contributed by atoms with Gasteiger partial charge in [-0.2, -0.15) is 5.26 Å². The van der Waals surface area contributed by atoms with E-state index in [2.05, 4.69) is 0 Å². The third-order valence-electron chi connectivity index (χ3n) is 2.48. The second-order valence-corrected chi connectivity index (χ2v) is 3.80. The molecule has 0 fully saturated rings. The van der Waals surface area contributed by atoms with Gasteiger partial charge in [0, 0.05) is 11.6 Å². The number of nitrogens with zero attached hydrogens (tertiary/aromatic N) is 2. The van der Waals surface area contributed by atoms with Crippen LogP contribution in [-0.4, -0.2) is 10.7 Å². The molecule has 0 saturated carbocycles. The minimum Gasteiger partial charge on any atom is -0.401 e. The van der Waals surface area contributed by atoms with E-state index in [4.69, 9.17) is 9.68 Å². The van der Waals surface area contributed by atoms with Crippen LogP contribution in [0.2, 0.25) is 0 Å². The summed E-state index contributed by atoms with van der Waals surface area (Å²) < 4.78 is 4.88. The van der Waals surface area contributed by atoms with E-state index < -0.39 is 16.6 Å². The van der Waals surface area contributed by atoms with Crippen LogP contribution in [0.15, 0.2) is 52.5 Å². The average molecular weight is 268 g/mol. The number of nitro groups is 1. The van der Waals surface area contributed by atoms with Crippen LogP contribution in [0.1, 0.15) is 16.1 Å². The van der Waals surface area contributed by atoms with E-state index in [0.29, 0.717) is 5.56 Å². The Morgan fingerprint density at radius 1 is 1.25 bits per heavy atom. The first kappa shape index (κ1) is 13.2. The topological polar surface area (TPSA) is 97.1 Å². The molecule has 98 valence electrons. The maximum absolute atomic E-state index is 12.1. The predicted octanol–water partition coefficient (Wildman–Crippen LogP) is 2.98. The number of hydrogen-bond acceptors (Lipinski definition) is 5. The molecular formula is C14H8N2O4. The number of Topliss-reactive ketones (excluding diaryl/α,β-unsaturated/α-hetero) is 1. The molecule has 2 rings (SSSR count).